The van der Waals surface area contributed by atoms with Crippen molar-refractivity contribution in [2.45, 2.75) is 12.4 Å². The van der Waals surface area contributed by atoms with Crippen molar-refractivity contribution in [1.29, 1.82) is 0 Å². The standard InChI is InChI=1S/C21H17F3N2O3.C20H14ClF3N2O2/c1-29-18-5-3-2-4-15(18)19-16(12-6-8-14(27)9-7-12)10-13(21(22,23)24)11-17(19)20(25)26-28;21-14-5-1-12(2-6-14)18-16(11-3-7-15(27)8-4-11)9-13(20(22,23)24)10-17(18)19(25)26-28/h2-11,27-28H,1H3,(H2,25,26);1-10,27-28H,(H2,25,26). The molecule has 6 aromatic carbocycles. The van der Waals surface area contributed by atoms with E-state index in [4.69, 9.17) is 33.0 Å². The Morgan fingerprint density at radius 1 is 0.561 bits per heavy atom. The number of hydrogen-bond acceptors (Lipinski definition) is 7. The maximum absolute atomic E-state index is 13.6. The van der Waals surface area contributed by atoms with Gasteiger partial charge >= 0.3 is 12.4 Å². The van der Waals surface area contributed by atoms with Crippen molar-refractivity contribution < 1.29 is 51.7 Å². The molecule has 294 valence electrons. The Hall–Kier alpha value is -6.87. The van der Waals surface area contributed by atoms with Crippen molar-refractivity contribution in [3.63, 3.8) is 0 Å². The number of alkyl halides is 6. The first kappa shape index (κ1) is 41.3. The molecule has 0 aliphatic carbocycles. The van der Waals surface area contributed by atoms with Crippen LogP contribution in [0.1, 0.15) is 22.3 Å². The fourth-order valence-electron chi connectivity index (χ4n) is 5.93. The van der Waals surface area contributed by atoms with Crippen LogP contribution in [0, 0.1) is 0 Å². The number of halogens is 7. The van der Waals surface area contributed by atoms with E-state index in [0.29, 0.717) is 44.2 Å². The number of phenolic OH excluding ortho intramolecular Hbond substituents is 2. The molecule has 0 fully saturated rings. The highest BCUT2D eigenvalue weighted by Crippen LogP contribution is 2.44. The van der Waals surface area contributed by atoms with E-state index in [1.54, 1.807) is 48.5 Å². The minimum Gasteiger partial charge on any atom is -0.508 e. The highest BCUT2D eigenvalue weighted by atomic mass is 35.5. The van der Waals surface area contributed by atoms with Crippen LogP contribution in [0.2, 0.25) is 5.02 Å². The van der Waals surface area contributed by atoms with E-state index < -0.39 is 35.2 Å². The summed E-state index contributed by atoms with van der Waals surface area (Å²) >= 11 is 5.92. The molecule has 0 atom stereocenters. The highest BCUT2D eigenvalue weighted by molar-refractivity contribution is 6.30. The third-order valence-electron chi connectivity index (χ3n) is 8.56. The highest BCUT2D eigenvalue weighted by Gasteiger charge is 2.35. The van der Waals surface area contributed by atoms with Gasteiger partial charge in [-0.25, -0.2) is 0 Å². The summed E-state index contributed by atoms with van der Waals surface area (Å²) in [6, 6.07) is 28.2. The van der Waals surface area contributed by atoms with Crippen molar-refractivity contribution in [3.05, 3.63) is 149 Å². The average Bonchev–Trinajstić information content (AvgIpc) is 3.19. The zero-order valence-electron chi connectivity index (χ0n) is 29.4. The topological polar surface area (TPSA) is 167 Å². The van der Waals surface area contributed by atoms with Crippen molar-refractivity contribution in [2.75, 3.05) is 7.11 Å². The number of hydrogen-bond donors (Lipinski definition) is 6. The number of phenols is 2. The van der Waals surface area contributed by atoms with Crippen molar-refractivity contribution in [2.24, 2.45) is 21.8 Å². The van der Waals surface area contributed by atoms with E-state index in [9.17, 15) is 41.8 Å². The van der Waals surface area contributed by atoms with Gasteiger partial charge in [0.15, 0.2) is 11.7 Å². The molecule has 8 N–H and O–H groups in total. The number of aromatic hydroxyl groups is 2. The number of rotatable bonds is 7. The largest absolute Gasteiger partial charge is 0.508 e. The molecule has 9 nitrogen and oxygen atoms in total. The lowest BCUT2D eigenvalue weighted by Crippen LogP contribution is -2.17. The number of nitrogens with zero attached hydrogens (tertiary/aromatic N) is 2. The number of ether oxygens (including phenoxy) is 1. The van der Waals surface area contributed by atoms with E-state index in [1.165, 1.54) is 55.6 Å². The number of methoxy groups -OCH3 is 1. The summed E-state index contributed by atoms with van der Waals surface area (Å²) in [5.41, 5.74) is 12.2. The number of nitrogens with two attached hydrogens (primary N) is 2. The Morgan fingerprint density at radius 2 is 0.965 bits per heavy atom. The second-order valence-corrected chi connectivity index (χ2v) is 12.6. The Bertz CT molecular complexity index is 2440. The van der Waals surface area contributed by atoms with E-state index in [0.717, 1.165) is 24.3 Å². The van der Waals surface area contributed by atoms with Gasteiger partial charge in [-0.15, -0.1) is 0 Å². The lowest BCUT2D eigenvalue weighted by Gasteiger charge is -2.20. The van der Waals surface area contributed by atoms with Crippen LogP contribution in [0.4, 0.5) is 26.3 Å². The summed E-state index contributed by atoms with van der Waals surface area (Å²) in [6.45, 7) is 0. The molecule has 6 rings (SSSR count). The van der Waals surface area contributed by atoms with Crippen LogP contribution >= 0.6 is 11.6 Å². The lowest BCUT2D eigenvalue weighted by molar-refractivity contribution is -0.138. The van der Waals surface area contributed by atoms with E-state index in [1.807, 2.05) is 0 Å². The number of oxime groups is 2. The fourth-order valence-corrected chi connectivity index (χ4v) is 6.06. The van der Waals surface area contributed by atoms with Crippen molar-refractivity contribution in [3.8, 4) is 61.8 Å². The predicted octanol–water partition coefficient (Wildman–Crippen LogP) is 10.3. The normalized spacial score (nSPS) is 12.1. The van der Waals surface area contributed by atoms with E-state index >= 15 is 0 Å². The summed E-state index contributed by atoms with van der Waals surface area (Å²) in [5, 5.41) is 43.7. The first-order valence-corrected chi connectivity index (χ1v) is 16.8. The maximum atomic E-state index is 13.6. The van der Waals surface area contributed by atoms with Gasteiger partial charge in [0.2, 0.25) is 0 Å². The number of para-hydroxylation sites is 1. The summed E-state index contributed by atoms with van der Waals surface area (Å²) in [7, 11) is 1.44. The molecule has 6 aromatic rings. The fraction of sp³-hybridized carbons (Fsp3) is 0.0732. The number of benzene rings is 6. The monoisotopic (exact) mass is 808 g/mol. The molecule has 0 bridgehead atoms. The van der Waals surface area contributed by atoms with Gasteiger partial charge in [0.05, 0.1) is 18.2 Å². The second kappa shape index (κ2) is 16.9. The van der Waals surface area contributed by atoms with Gasteiger partial charge in [-0.05, 0) is 94.5 Å². The zero-order valence-corrected chi connectivity index (χ0v) is 30.2. The van der Waals surface area contributed by atoms with Crippen molar-refractivity contribution in [1.82, 2.24) is 0 Å². The van der Waals surface area contributed by atoms with Gasteiger partial charge in [0.25, 0.3) is 0 Å². The molecular weight excluding hydrogens is 778 g/mol. The van der Waals surface area contributed by atoms with Gasteiger partial charge < -0.3 is 36.8 Å². The molecule has 0 radical (unpaired) electrons. The molecule has 0 saturated heterocycles. The van der Waals surface area contributed by atoms with Crippen LogP contribution in [0.3, 0.4) is 0 Å². The molecule has 57 heavy (non-hydrogen) atoms. The van der Waals surface area contributed by atoms with Crippen LogP contribution in [-0.2, 0) is 12.4 Å². The average molecular weight is 809 g/mol. The summed E-state index contributed by atoms with van der Waals surface area (Å²) in [4.78, 5) is 0. The van der Waals surface area contributed by atoms with Crippen LogP contribution in [0.15, 0.2) is 132 Å². The predicted molar refractivity (Wildman–Crippen MR) is 205 cm³/mol. The minimum absolute atomic E-state index is 0.0274. The van der Waals surface area contributed by atoms with Gasteiger partial charge in [-0.1, -0.05) is 76.5 Å². The molecule has 0 amide bonds. The second-order valence-electron chi connectivity index (χ2n) is 12.2. The van der Waals surface area contributed by atoms with Gasteiger partial charge in [0, 0.05) is 32.8 Å². The maximum Gasteiger partial charge on any atom is 0.416 e. The van der Waals surface area contributed by atoms with E-state index in [2.05, 4.69) is 10.3 Å². The Kier molecular flexibility index (Phi) is 12.2. The first-order valence-electron chi connectivity index (χ1n) is 16.4. The minimum atomic E-state index is -4.66. The molecule has 0 aliphatic rings. The summed E-state index contributed by atoms with van der Waals surface area (Å²) in [5.74, 6) is -0.593. The first-order chi connectivity index (χ1) is 27.0. The quantitative estimate of drug-likeness (QED) is 0.0307. The molecular formula is C41H31ClF6N4O5. The van der Waals surface area contributed by atoms with Gasteiger partial charge in [-0.3, -0.25) is 0 Å². The van der Waals surface area contributed by atoms with Gasteiger partial charge in [0.1, 0.15) is 17.2 Å². The SMILES string of the molecule is COc1ccccc1-c1c(C(N)=NO)cc(C(F)(F)F)cc1-c1ccc(O)cc1.NC(=NO)c1cc(C(F)(F)F)cc(-c2ccc(O)cc2)c1-c1ccc(Cl)cc1. The molecule has 0 aliphatic heterocycles. The summed E-state index contributed by atoms with van der Waals surface area (Å²) < 4.78 is 86.5. The molecule has 0 aromatic heterocycles. The lowest BCUT2D eigenvalue weighted by atomic mass is 9.87. The Morgan fingerprint density at radius 3 is 1.39 bits per heavy atom. The zero-order chi connectivity index (χ0) is 41.7. The van der Waals surface area contributed by atoms with Crippen molar-refractivity contribution >= 4 is 23.3 Å². The third kappa shape index (κ3) is 9.33. The number of amidine groups is 2. The van der Waals surface area contributed by atoms with E-state index in [-0.39, 0.29) is 33.8 Å². The van der Waals surface area contributed by atoms with Gasteiger partial charge in [-0.2, -0.15) is 26.3 Å². The molecule has 0 saturated carbocycles. The van der Waals surface area contributed by atoms with Crippen LogP contribution in [-0.4, -0.2) is 39.4 Å². The van der Waals surface area contributed by atoms with Crippen LogP contribution in [0.5, 0.6) is 17.2 Å². The summed E-state index contributed by atoms with van der Waals surface area (Å²) in [6.07, 6.45) is -9.30. The third-order valence-corrected chi connectivity index (χ3v) is 8.82. The molecule has 0 heterocycles. The Labute approximate surface area is 326 Å². The Balaban J connectivity index is 0.000000218. The van der Waals surface area contributed by atoms with Crippen LogP contribution in [0.25, 0.3) is 44.5 Å². The molecule has 0 unspecified atom stereocenters. The molecule has 0 spiro atoms. The smallest absolute Gasteiger partial charge is 0.416 e. The van der Waals surface area contributed by atoms with Crippen LogP contribution < -0.4 is 16.2 Å². The molecule has 16 heteroatoms.